The average molecular weight is 227 g/mol. The van der Waals surface area contributed by atoms with Crippen LogP contribution in [-0.2, 0) is 13.0 Å². The van der Waals surface area contributed by atoms with E-state index in [0.29, 0.717) is 0 Å². The van der Waals surface area contributed by atoms with Crippen LogP contribution in [0.25, 0.3) is 11.1 Å². The number of hydrogen-bond acceptors (Lipinski definition) is 0. The molecule has 17 heavy (non-hydrogen) atoms. The second kappa shape index (κ2) is 5.72. The minimum absolute atomic E-state index is 1.10. The molecular weight excluding hydrogens is 206 g/mol. The van der Waals surface area contributed by atoms with Crippen molar-refractivity contribution in [2.24, 2.45) is 0 Å². The SMILES string of the molecule is CCCCn1cc(CC)c(-c2ccccc2)c1. The highest BCUT2D eigenvalue weighted by atomic mass is 14.9. The van der Waals surface area contributed by atoms with E-state index in [1.807, 2.05) is 0 Å². The van der Waals surface area contributed by atoms with E-state index in [2.05, 4.69) is 61.1 Å². The summed E-state index contributed by atoms with van der Waals surface area (Å²) in [7, 11) is 0. The molecule has 0 aliphatic heterocycles. The lowest BCUT2D eigenvalue weighted by molar-refractivity contribution is 0.634. The predicted molar refractivity (Wildman–Crippen MR) is 74.2 cm³/mol. The third kappa shape index (κ3) is 2.79. The van der Waals surface area contributed by atoms with Gasteiger partial charge >= 0.3 is 0 Å². The Kier molecular flexibility index (Phi) is 4.03. The summed E-state index contributed by atoms with van der Waals surface area (Å²) in [5, 5.41) is 0. The highest BCUT2D eigenvalue weighted by Crippen LogP contribution is 2.25. The number of rotatable bonds is 5. The minimum Gasteiger partial charge on any atom is -0.353 e. The van der Waals surface area contributed by atoms with Crippen molar-refractivity contribution in [3.8, 4) is 11.1 Å². The van der Waals surface area contributed by atoms with Crippen LogP contribution in [0.3, 0.4) is 0 Å². The maximum Gasteiger partial charge on any atom is 0.0219 e. The molecule has 0 amide bonds. The molecule has 0 bridgehead atoms. The molecule has 0 unspecified atom stereocenters. The molecule has 0 atom stereocenters. The van der Waals surface area contributed by atoms with Crippen LogP contribution in [0, 0.1) is 0 Å². The van der Waals surface area contributed by atoms with Gasteiger partial charge in [0.1, 0.15) is 0 Å². The summed E-state index contributed by atoms with van der Waals surface area (Å²) in [4.78, 5) is 0. The van der Waals surface area contributed by atoms with Crippen molar-refractivity contribution >= 4 is 0 Å². The zero-order valence-corrected chi connectivity index (χ0v) is 10.8. The Labute approximate surface area is 104 Å². The van der Waals surface area contributed by atoms with Crippen LogP contribution in [0.5, 0.6) is 0 Å². The number of benzene rings is 1. The normalized spacial score (nSPS) is 10.7. The quantitative estimate of drug-likeness (QED) is 0.708. The Morgan fingerprint density at radius 3 is 2.41 bits per heavy atom. The maximum atomic E-state index is 2.34. The second-order valence-corrected chi connectivity index (χ2v) is 4.51. The van der Waals surface area contributed by atoms with Crippen molar-refractivity contribution < 1.29 is 0 Å². The summed E-state index contributed by atoms with van der Waals surface area (Å²) in [6.45, 7) is 5.60. The number of unbranched alkanes of at least 4 members (excludes halogenated alkanes) is 1. The molecule has 0 radical (unpaired) electrons. The summed E-state index contributed by atoms with van der Waals surface area (Å²) < 4.78 is 2.34. The number of aromatic nitrogens is 1. The molecular formula is C16H21N. The number of aryl methyl sites for hydroxylation is 2. The van der Waals surface area contributed by atoms with Crippen LogP contribution < -0.4 is 0 Å². The fourth-order valence-corrected chi connectivity index (χ4v) is 2.18. The van der Waals surface area contributed by atoms with Crippen LogP contribution in [0.2, 0.25) is 0 Å². The summed E-state index contributed by atoms with van der Waals surface area (Å²) in [5.74, 6) is 0. The van der Waals surface area contributed by atoms with Crippen LogP contribution in [-0.4, -0.2) is 4.57 Å². The molecule has 2 rings (SSSR count). The molecule has 1 nitrogen and oxygen atoms in total. The van der Waals surface area contributed by atoms with Gasteiger partial charge in [0.25, 0.3) is 0 Å². The van der Waals surface area contributed by atoms with Gasteiger partial charge < -0.3 is 4.57 Å². The number of nitrogens with zero attached hydrogens (tertiary/aromatic N) is 1. The highest BCUT2D eigenvalue weighted by molar-refractivity contribution is 5.66. The maximum absolute atomic E-state index is 2.34. The first kappa shape index (κ1) is 12.0. The molecule has 0 fully saturated rings. The predicted octanol–water partition coefficient (Wildman–Crippen LogP) is 4.52. The van der Waals surface area contributed by atoms with Crippen molar-refractivity contribution in [1.29, 1.82) is 0 Å². The van der Waals surface area contributed by atoms with Gasteiger partial charge in [0.05, 0.1) is 0 Å². The molecule has 2 aromatic rings. The van der Waals surface area contributed by atoms with Gasteiger partial charge in [-0.1, -0.05) is 50.6 Å². The van der Waals surface area contributed by atoms with Gasteiger partial charge in [-0.2, -0.15) is 0 Å². The topological polar surface area (TPSA) is 4.93 Å². The van der Waals surface area contributed by atoms with E-state index >= 15 is 0 Å². The molecule has 90 valence electrons. The highest BCUT2D eigenvalue weighted by Gasteiger charge is 2.06. The summed E-state index contributed by atoms with van der Waals surface area (Å²) >= 11 is 0. The van der Waals surface area contributed by atoms with E-state index in [0.717, 1.165) is 13.0 Å². The second-order valence-electron chi connectivity index (χ2n) is 4.51. The van der Waals surface area contributed by atoms with Crippen molar-refractivity contribution in [2.45, 2.75) is 39.7 Å². The van der Waals surface area contributed by atoms with Gasteiger partial charge in [-0.05, 0) is 24.0 Å². The van der Waals surface area contributed by atoms with Gasteiger partial charge in [0.15, 0.2) is 0 Å². The van der Waals surface area contributed by atoms with E-state index in [1.165, 1.54) is 29.5 Å². The lowest BCUT2D eigenvalue weighted by Crippen LogP contribution is -1.92. The summed E-state index contributed by atoms with van der Waals surface area (Å²) in [6, 6.07) is 10.7. The molecule has 0 aliphatic rings. The molecule has 1 heteroatoms. The average Bonchev–Trinajstić information content (AvgIpc) is 2.80. The molecule has 1 aromatic heterocycles. The molecule has 0 aliphatic carbocycles. The zero-order valence-electron chi connectivity index (χ0n) is 10.8. The van der Waals surface area contributed by atoms with E-state index in [9.17, 15) is 0 Å². The van der Waals surface area contributed by atoms with Gasteiger partial charge in [-0.25, -0.2) is 0 Å². The molecule has 0 saturated carbocycles. The first-order chi connectivity index (χ1) is 8.35. The first-order valence-corrected chi connectivity index (χ1v) is 6.59. The van der Waals surface area contributed by atoms with Crippen LogP contribution >= 0.6 is 0 Å². The van der Waals surface area contributed by atoms with Crippen molar-refractivity contribution in [2.75, 3.05) is 0 Å². The van der Waals surface area contributed by atoms with E-state index in [1.54, 1.807) is 0 Å². The van der Waals surface area contributed by atoms with Crippen molar-refractivity contribution in [1.82, 2.24) is 4.57 Å². The summed E-state index contributed by atoms with van der Waals surface area (Å²) in [5.41, 5.74) is 4.18. The van der Waals surface area contributed by atoms with Crippen molar-refractivity contribution in [3.63, 3.8) is 0 Å². The van der Waals surface area contributed by atoms with Crippen LogP contribution in [0.4, 0.5) is 0 Å². The van der Waals surface area contributed by atoms with Gasteiger partial charge in [-0.3, -0.25) is 0 Å². The van der Waals surface area contributed by atoms with E-state index < -0.39 is 0 Å². The molecule has 1 heterocycles. The summed E-state index contributed by atoms with van der Waals surface area (Å²) in [6.07, 6.45) is 8.21. The van der Waals surface area contributed by atoms with E-state index in [4.69, 9.17) is 0 Å². The minimum atomic E-state index is 1.10. The van der Waals surface area contributed by atoms with E-state index in [-0.39, 0.29) is 0 Å². The Hall–Kier alpha value is -1.50. The lowest BCUT2D eigenvalue weighted by Gasteiger charge is -2.00. The molecule has 0 N–H and O–H groups in total. The Morgan fingerprint density at radius 1 is 1.00 bits per heavy atom. The lowest BCUT2D eigenvalue weighted by atomic mass is 10.0. The molecule has 0 spiro atoms. The standard InChI is InChI=1S/C16H21N/c1-3-5-11-17-12-14(4-2)16(13-17)15-9-7-6-8-10-15/h6-10,12-13H,3-5,11H2,1-2H3. The van der Waals surface area contributed by atoms with Crippen LogP contribution in [0.15, 0.2) is 42.7 Å². The van der Waals surface area contributed by atoms with Gasteiger partial charge in [-0.15, -0.1) is 0 Å². The molecule has 0 saturated heterocycles. The number of hydrogen-bond donors (Lipinski definition) is 0. The van der Waals surface area contributed by atoms with Crippen molar-refractivity contribution in [3.05, 3.63) is 48.3 Å². The third-order valence-corrected chi connectivity index (χ3v) is 3.20. The zero-order chi connectivity index (χ0) is 12.1. The van der Waals surface area contributed by atoms with Crippen LogP contribution in [0.1, 0.15) is 32.3 Å². The van der Waals surface area contributed by atoms with Gasteiger partial charge in [0.2, 0.25) is 0 Å². The first-order valence-electron chi connectivity index (χ1n) is 6.59. The largest absolute Gasteiger partial charge is 0.353 e. The fourth-order valence-electron chi connectivity index (χ4n) is 2.18. The Bertz CT molecular complexity index is 454. The Balaban J connectivity index is 2.30. The smallest absolute Gasteiger partial charge is 0.0219 e. The fraction of sp³-hybridized carbons (Fsp3) is 0.375. The third-order valence-electron chi connectivity index (χ3n) is 3.20. The monoisotopic (exact) mass is 227 g/mol. The van der Waals surface area contributed by atoms with Gasteiger partial charge in [0, 0.05) is 24.5 Å². The molecule has 1 aromatic carbocycles. The Morgan fingerprint density at radius 2 is 1.76 bits per heavy atom.